The Labute approximate surface area is 453 Å². The Morgan fingerprint density at radius 2 is 0.840 bits per heavy atom. The molecule has 1 aliphatic heterocycles. The van der Waals surface area contributed by atoms with E-state index in [9.17, 15) is 34.5 Å². The number of rotatable bonds is 47. The first kappa shape index (κ1) is 68.4. The van der Waals surface area contributed by atoms with Crippen molar-refractivity contribution in [2.24, 2.45) is 0 Å². The number of carbonyl (C=O) groups excluding carboxylic acids is 3. The first-order chi connectivity index (χ1) is 36.6. The number of allylic oxidation sites excluding steroid dienone is 18. The van der Waals surface area contributed by atoms with Crippen LogP contribution in [0.15, 0.2) is 109 Å². The molecule has 0 aromatic rings. The Hall–Kier alpha value is -4.62. The van der Waals surface area contributed by atoms with E-state index in [1.165, 1.54) is 12.8 Å². The normalized spacial score (nSPS) is 19.0. The van der Waals surface area contributed by atoms with Gasteiger partial charge in [0.25, 0.3) is 0 Å². The first-order valence-corrected chi connectivity index (χ1v) is 28.9. The van der Waals surface area contributed by atoms with Gasteiger partial charge in [0.2, 0.25) is 0 Å². The second kappa shape index (κ2) is 50.2. The van der Waals surface area contributed by atoms with Crippen molar-refractivity contribution in [3.8, 4) is 0 Å². The van der Waals surface area contributed by atoms with Crippen molar-refractivity contribution in [3.63, 3.8) is 0 Å². The highest BCUT2D eigenvalue weighted by Crippen LogP contribution is 2.26. The fraction of sp³-hybridized carbons (Fsp3) is 0.651. The molecule has 12 nitrogen and oxygen atoms in total. The third-order valence-electron chi connectivity index (χ3n) is 12.3. The molecule has 424 valence electrons. The van der Waals surface area contributed by atoms with Crippen LogP contribution in [-0.4, -0.2) is 89.2 Å². The van der Waals surface area contributed by atoms with Crippen LogP contribution in [0.25, 0.3) is 0 Å². The molecule has 12 heteroatoms. The summed E-state index contributed by atoms with van der Waals surface area (Å²) in [6, 6.07) is 0. The fourth-order valence-corrected chi connectivity index (χ4v) is 7.92. The highest BCUT2D eigenvalue weighted by Gasteiger charge is 2.50. The molecule has 0 radical (unpaired) electrons. The number of aliphatic hydroxyl groups is 2. The number of carboxylic acid groups (broad SMARTS) is 1. The van der Waals surface area contributed by atoms with Gasteiger partial charge in [-0.25, -0.2) is 4.79 Å². The topological polar surface area (TPSA) is 175 Å². The van der Waals surface area contributed by atoms with E-state index in [1.807, 2.05) is 0 Å². The molecule has 0 aromatic heterocycles. The number of unbranched alkanes of at least 4 members (excludes halogenated alkanes) is 15. The molecular weight excluding hydrogens is 949 g/mol. The van der Waals surface area contributed by atoms with E-state index in [0.717, 1.165) is 141 Å². The highest BCUT2D eigenvalue weighted by molar-refractivity contribution is 5.74. The van der Waals surface area contributed by atoms with Crippen LogP contribution in [0.4, 0.5) is 0 Å². The largest absolute Gasteiger partial charge is 0.479 e. The van der Waals surface area contributed by atoms with E-state index in [0.29, 0.717) is 19.3 Å². The van der Waals surface area contributed by atoms with Gasteiger partial charge in [-0.3, -0.25) is 14.4 Å². The molecule has 0 aliphatic carbocycles. The second-order valence-electron chi connectivity index (χ2n) is 19.2. The average Bonchev–Trinajstić information content (AvgIpc) is 3.39. The van der Waals surface area contributed by atoms with Crippen LogP contribution < -0.4 is 0 Å². The van der Waals surface area contributed by atoms with E-state index in [2.05, 4.69) is 130 Å². The second-order valence-corrected chi connectivity index (χ2v) is 19.2. The van der Waals surface area contributed by atoms with Gasteiger partial charge in [-0.2, -0.15) is 0 Å². The Bertz CT molecular complexity index is 1720. The first-order valence-electron chi connectivity index (χ1n) is 28.9. The summed E-state index contributed by atoms with van der Waals surface area (Å²) in [4.78, 5) is 51.0. The van der Waals surface area contributed by atoms with Crippen LogP contribution in [0.3, 0.4) is 0 Å². The van der Waals surface area contributed by atoms with Crippen LogP contribution >= 0.6 is 0 Å². The van der Waals surface area contributed by atoms with Crippen molar-refractivity contribution in [1.82, 2.24) is 0 Å². The summed E-state index contributed by atoms with van der Waals surface area (Å²) in [5, 5.41) is 31.4. The number of carboxylic acids is 1. The number of hydrogen-bond donors (Lipinski definition) is 3. The summed E-state index contributed by atoms with van der Waals surface area (Å²) in [7, 11) is 0. The maximum absolute atomic E-state index is 13.1. The molecule has 0 amide bonds. The maximum atomic E-state index is 13.1. The van der Waals surface area contributed by atoms with Gasteiger partial charge in [0.1, 0.15) is 18.8 Å². The lowest BCUT2D eigenvalue weighted by atomic mass is 9.98. The minimum Gasteiger partial charge on any atom is -0.479 e. The molecule has 1 fully saturated rings. The zero-order valence-corrected chi connectivity index (χ0v) is 46.5. The number of carbonyl (C=O) groups is 4. The van der Waals surface area contributed by atoms with E-state index in [1.54, 1.807) is 0 Å². The molecule has 6 unspecified atom stereocenters. The third-order valence-corrected chi connectivity index (χ3v) is 12.3. The minimum absolute atomic E-state index is 0.0315. The van der Waals surface area contributed by atoms with Crippen molar-refractivity contribution < 1.29 is 58.2 Å². The molecule has 3 N–H and O–H groups in total. The maximum Gasteiger partial charge on any atom is 0.335 e. The van der Waals surface area contributed by atoms with Crippen LogP contribution in [0.2, 0.25) is 0 Å². The molecule has 1 heterocycles. The zero-order chi connectivity index (χ0) is 54.7. The van der Waals surface area contributed by atoms with Gasteiger partial charge in [0.15, 0.2) is 24.6 Å². The fourth-order valence-electron chi connectivity index (χ4n) is 7.92. The van der Waals surface area contributed by atoms with Crippen LogP contribution in [0.1, 0.15) is 213 Å². The standard InChI is InChI=1S/C63H100O12/c1-4-7-10-13-16-19-22-24-26-27-28-29-31-32-35-37-40-43-46-49-55(64)71-52-54(73-56(65)50-47-44-41-38-34-21-18-15-12-9-6-3)53-72-63-61(59(68)58(67)60(75-63)62(69)70)74-57(66)51-48-45-42-39-36-33-30-25-23-20-17-14-11-8-5-2/h7-8,10-11,15-20,24-26,28-30,32,35,54,58-61,63,67-68H,4-6,9,12-14,21-23,27,31,33-34,36-53H2,1-3H3,(H,69,70)/b10-7-,11-8-,18-15-,19-16-,20-17-,26-24-,29-28-,30-25-,35-32-. The van der Waals surface area contributed by atoms with Gasteiger partial charge in [0.05, 0.1) is 6.61 Å². The molecule has 1 saturated heterocycles. The molecule has 0 spiro atoms. The number of hydrogen-bond acceptors (Lipinski definition) is 11. The Balaban J connectivity index is 2.72. The van der Waals surface area contributed by atoms with Gasteiger partial charge in [-0.05, 0) is 116 Å². The van der Waals surface area contributed by atoms with Crippen molar-refractivity contribution in [3.05, 3.63) is 109 Å². The van der Waals surface area contributed by atoms with Gasteiger partial charge >= 0.3 is 23.9 Å². The Morgan fingerprint density at radius 1 is 0.453 bits per heavy atom. The molecular formula is C63H100O12. The van der Waals surface area contributed by atoms with Gasteiger partial charge in [0, 0.05) is 19.3 Å². The summed E-state index contributed by atoms with van der Waals surface area (Å²) in [6.45, 7) is 5.66. The van der Waals surface area contributed by atoms with Crippen molar-refractivity contribution in [2.75, 3.05) is 13.2 Å². The van der Waals surface area contributed by atoms with Crippen molar-refractivity contribution >= 4 is 23.9 Å². The summed E-state index contributed by atoms with van der Waals surface area (Å²) >= 11 is 0. The van der Waals surface area contributed by atoms with E-state index in [-0.39, 0.29) is 25.9 Å². The van der Waals surface area contributed by atoms with Crippen molar-refractivity contribution in [2.45, 2.75) is 250 Å². The third kappa shape index (κ3) is 40.3. The summed E-state index contributed by atoms with van der Waals surface area (Å²) < 4.78 is 28.3. The van der Waals surface area contributed by atoms with Crippen LogP contribution in [0, 0.1) is 0 Å². The number of aliphatic carboxylic acids is 1. The zero-order valence-electron chi connectivity index (χ0n) is 46.5. The lowest BCUT2D eigenvalue weighted by Gasteiger charge is -2.40. The predicted octanol–water partition coefficient (Wildman–Crippen LogP) is 14.7. The predicted molar refractivity (Wildman–Crippen MR) is 303 cm³/mol. The molecule has 1 aliphatic rings. The van der Waals surface area contributed by atoms with Crippen molar-refractivity contribution in [1.29, 1.82) is 0 Å². The number of esters is 3. The number of ether oxygens (including phenoxy) is 5. The molecule has 0 bridgehead atoms. The summed E-state index contributed by atoms with van der Waals surface area (Å²) in [5.41, 5.74) is 0. The van der Waals surface area contributed by atoms with Gasteiger partial charge in [-0.1, -0.05) is 188 Å². The Morgan fingerprint density at radius 3 is 1.31 bits per heavy atom. The molecule has 75 heavy (non-hydrogen) atoms. The smallest absolute Gasteiger partial charge is 0.335 e. The lowest BCUT2D eigenvalue weighted by molar-refractivity contribution is -0.301. The number of aliphatic hydroxyl groups excluding tert-OH is 2. The quantitative estimate of drug-likeness (QED) is 0.0228. The van der Waals surface area contributed by atoms with Gasteiger partial charge in [-0.15, -0.1) is 0 Å². The SMILES string of the molecule is CC/C=C\C/C=C\C/C=C\C/C=C\C/C=C\CCCCCC(=O)OCC(COC1OC(C(=O)O)C(O)C(O)C1OC(=O)CCCCCCC/C=C\C/C=C\C/C=C\CC)OC(=O)CCCCCCC/C=C\CCCC. The van der Waals surface area contributed by atoms with E-state index in [4.69, 9.17) is 23.7 Å². The molecule has 0 aromatic carbocycles. The minimum atomic E-state index is -1.92. The highest BCUT2D eigenvalue weighted by atomic mass is 16.7. The summed E-state index contributed by atoms with van der Waals surface area (Å²) in [6.07, 6.45) is 54.9. The molecule has 0 saturated carbocycles. The summed E-state index contributed by atoms with van der Waals surface area (Å²) in [5.74, 6) is -3.21. The average molecular weight is 1050 g/mol. The van der Waals surface area contributed by atoms with Crippen LogP contribution in [-0.2, 0) is 42.9 Å². The Kier molecular flexibility index (Phi) is 45.8. The van der Waals surface area contributed by atoms with Gasteiger partial charge < -0.3 is 39.0 Å². The van der Waals surface area contributed by atoms with Crippen LogP contribution in [0.5, 0.6) is 0 Å². The van der Waals surface area contributed by atoms with E-state index >= 15 is 0 Å². The molecule has 6 atom stereocenters. The molecule has 1 rings (SSSR count). The monoisotopic (exact) mass is 1050 g/mol. The van der Waals surface area contributed by atoms with E-state index < -0.39 is 67.3 Å². The lowest BCUT2D eigenvalue weighted by Crippen LogP contribution is -2.61.